The molecule has 0 saturated carbocycles. The minimum absolute atomic E-state index is 0.0573. The number of nitrogens with zero attached hydrogens (tertiary/aromatic N) is 3. The van der Waals surface area contributed by atoms with Crippen molar-refractivity contribution in [1.82, 2.24) is 13.7 Å². The van der Waals surface area contributed by atoms with Gasteiger partial charge >= 0.3 is 5.97 Å². The fraction of sp³-hybridized carbons (Fsp3) is 0.308. The molecule has 7 nitrogen and oxygen atoms in total. The zero-order chi connectivity index (χ0) is 23.9. The summed E-state index contributed by atoms with van der Waals surface area (Å²) >= 11 is 1.04. The van der Waals surface area contributed by atoms with Crippen LogP contribution in [-0.2, 0) is 0 Å². The standard InChI is InChI=1S/C26H27N3O4S/c1-3-5-15-32-19-11-7-17(8-12-19)21-23-25(29-34-28-23)22(27-24(21)26(30)31)18-9-13-20(14-10-18)33-16-6-4-2/h7-14H,3-6,15-16H2,1-2H3,(H,30,31). The first-order valence-corrected chi connectivity index (χ1v) is 12.2. The number of carbonyl (C=O) groups is 1. The Kier molecular flexibility index (Phi) is 7.69. The molecule has 0 saturated heterocycles. The summed E-state index contributed by atoms with van der Waals surface area (Å²) in [6, 6.07) is 14.8. The lowest BCUT2D eigenvalue weighted by Gasteiger charge is -2.12. The average Bonchev–Trinajstić information content (AvgIpc) is 3.34. The predicted molar refractivity (Wildman–Crippen MR) is 134 cm³/mol. The molecule has 2 aromatic heterocycles. The molecule has 0 aliphatic carbocycles. The van der Waals surface area contributed by atoms with Crippen molar-refractivity contribution in [2.24, 2.45) is 0 Å². The number of hydrogen-bond acceptors (Lipinski definition) is 7. The molecule has 0 spiro atoms. The number of unbranched alkanes of at least 4 members (excludes halogenated alkanes) is 2. The van der Waals surface area contributed by atoms with E-state index in [0.29, 0.717) is 41.1 Å². The largest absolute Gasteiger partial charge is 0.494 e. The minimum atomic E-state index is -1.12. The van der Waals surface area contributed by atoms with Gasteiger partial charge in [-0.25, -0.2) is 9.78 Å². The monoisotopic (exact) mass is 477 g/mol. The molecule has 1 N–H and O–H groups in total. The lowest BCUT2D eigenvalue weighted by Crippen LogP contribution is -2.06. The van der Waals surface area contributed by atoms with Crippen LogP contribution in [0, 0.1) is 0 Å². The van der Waals surface area contributed by atoms with Crippen LogP contribution in [0.5, 0.6) is 11.5 Å². The maximum atomic E-state index is 12.2. The summed E-state index contributed by atoms with van der Waals surface area (Å²) in [5.41, 5.74) is 3.46. The first kappa shape index (κ1) is 23.6. The third-order valence-corrected chi connectivity index (χ3v) is 5.95. The van der Waals surface area contributed by atoms with Crippen molar-refractivity contribution in [3.05, 3.63) is 54.2 Å². The average molecular weight is 478 g/mol. The minimum Gasteiger partial charge on any atom is -0.494 e. The predicted octanol–water partition coefficient (Wildman–Crippen LogP) is 6.48. The van der Waals surface area contributed by atoms with E-state index in [4.69, 9.17) is 9.47 Å². The fourth-order valence-corrected chi connectivity index (χ4v) is 4.12. The summed E-state index contributed by atoms with van der Waals surface area (Å²) in [4.78, 5) is 16.8. The second-order valence-corrected chi connectivity index (χ2v) is 8.43. The van der Waals surface area contributed by atoms with Crippen molar-refractivity contribution in [2.75, 3.05) is 13.2 Å². The molecule has 4 aromatic rings. The molecule has 2 heterocycles. The van der Waals surface area contributed by atoms with Crippen molar-refractivity contribution >= 4 is 28.7 Å². The normalized spacial score (nSPS) is 11.0. The summed E-state index contributed by atoms with van der Waals surface area (Å²) in [5.74, 6) is 0.391. The van der Waals surface area contributed by atoms with Crippen molar-refractivity contribution in [2.45, 2.75) is 39.5 Å². The molecule has 4 rings (SSSR count). The number of carboxylic acid groups (broad SMARTS) is 1. The van der Waals surface area contributed by atoms with Gasteiger partial charge in [-0.1, -0.05) is 38.8 Å². The Hall–Kier alpha value is -3.52. The summed E-state index contributed by atoms with van der Waals surface area (Å²) in [5, 5.41) is 10.0. The van der Waals surface area contributed by atoms with Gasteiger partial charge in [-0.05, 0) is 54.8 Å². The summed E-state index contributed by atoms with van der Waals surface area (Å²) in [7, 11) is 0. The molecular weight excluding hydrogens is 450 g/mol. The molecule has 0 fully saturated rings. The topological polar surface area (TPSA) is 94.4 Å². The van der Waals surface area contributed by atoms with E-state index in [0.717, 1.165) is 54.5 Å². The molecule has 0 aliphatic heterocycles. The highest BCUT2D eigenvalue weighted by molar-refractivity contribution is 7.00. The number of pyridine rings is 1. The van der Waals surface area contributed by atoms with E-state index in [1.54, 1.807) is 0 Å². The van der Waals surface area contributed by atoms with Crippen LogP contribution in [0.4, 0.5) is 0 Å². The molecule has 0 amide bonds. The lowest BCUT2D eigenvalue weighted by molar-refractivity contribution is 0.0691. The molecule has 176 valence electrons. The highest BCUT2D eigenvalue weighted by Gasteiger charge is 2.23. The number of benzene rings is 2. The van der Waals surface area contributed by atoms with Crippen LogP contribution < -0.4 is 9.47 Å². The summed E-state index contributed by atoms with van der Waals surface area (Å²) in [6.45, 7) is 5.54. The maximum absolute atomic E-state index is 12.2. The maximum Gasteiger partial charge on any atom is 0.355 e. The van der Waals surface area contributed by atoms with Crippen LogP contribution >= 0.6 is 11.7 Å². The van der Waals surface area contributed by atoms with E-state index in [2.05, 4.69) is 27.6 Å². The Morgan fingerprint density at radius 1 is 0.824 bits per heavy atom. The Labute approximate surface area is 202 Å². The van der Waals surface area contributed by atoms with Gasteiger partial charge < -0.3 is 14.6 Å². The van der Waals surface area contributed by atoms with E-state index in [9.17, 15) is 9.90 Å². The van der Waals surface area contributed by atoms with Crippen LogP contribution in [0.3, 0.4) is 0 Å². The van der Waals surface area contributed by atoms with Crippen LogP contribution in [0.1, 0.15) is 50.0 Å². The molecule has 2 aromatic carbocycles. The molecule has 0 unspecified atom stereocenters. The third kappa shape index (κ3) is 5.17. The molecule has 0 radical (unpaired) electrons. The summed E-state index contributed by atoms with van der Waals surface area (Å²) < 4.78 is 20.4. The molecule has 8 heteroatoms. The Morgan fingerprint density at radius 3 is 1.88 bits per heavy atom. The second kappa shape index (κ2) is 11.1. The van der Waals surface area contributed by atoms with Gasteiger partial charge in [-0.15, -0.1) is 0 Å². The third-order valence-electron chi connectivity index (χ3n) is 5.42. The lowest BCUT2D eigenvalue weighted by atomic mass is 9.99. The van der Waals surface area contributed by atoms with Crippen LogP contribution in [0.25, 0.3) is 33.4 Å². The number of hydrogen-bond donors (Lipinski definition) is 1. The highest BCUT2D eigenvalue weighted by Crippen LogP contribution is 2.36. The van der Waals surface area contributed by atoms with Crippen LogP contribution in [0.15, 0.2) is 48.5 Å². The van der Waals surface area contributed by atoms with Gasteiger partial charge in [0.1, 0.15) is 28.2 Å². The second-order valence-electron chi connectivity index (χ2n) is 7.90. The zero-order valence-electron chi connectivity index (χ0n) is 19.3. The Balaban J connectivity index is 1.72. The zero-order valence-corrected chi connectivity index (χ0v) is 20.1. The molecule has 0 aliphatic rings. The van der Waals surface area contributed by atoms with Gasteiger partial charge in [-0.3, -0.25) is 0 Å². The van der Waals surface area contributed by atoms with E-state index in [-0.39, 0.29) is 5.69 Å². The summed E-state index contributed by atoms with van der Waals surface area (Å²) in [6.07, 6.45) is 4.09. The Morgan fingerprint density at radius 2 is 1.35 bits per heavy atom. The SMILES string of the molecule is CCCCOc1ccc(-c2nc(C(=O)O)c(-c3ccc(OCCCC)cc3)c3nsnc23)cc1. The first-order chi connectivity index (χ1) is 16.6. The number of ether oxygens (including phenoxy) is 2. The molecule has 34 heavy (non-hydrogen) atoms. The van der Waals surface area contributed by atoms with E-state index in [1.807, 2.05) is 48.5 Å². The van der Waals surface area contributed by atoms with E-state index < -0.39 is 5.97 Å². The van der Waals surface area contributed by atoms with Crippen molar-refractivity contribution < 1.29 is 19.4 Å². The number of aromatic carboxylic acids is 1. The molecular formula is C26H27N3O4S. The van der Waals surface area contributed by atoms with Gasteiger partial charge in [0.15, 0.2) is 5.69 Å². The van der Waals surface area contributed by atoms with Crippen molar-refractivity contribution in [3.8, 4) is 33.9 Å². The van der Waals surface area contributed by atoms with Crippen molar-refractivity contribution in [1.29, 1.82) is 0 Å². The van der Waals surface area contributed by atoms with Gasteiger partial charge in [0.2, 0.25) is 0 Å². The van der Waals surface area contributed by atoms with Gasteiger partial charge in [0.25, 0.3) is 0 Å². The quantitative estimate of drug-likeness (QED) is 0.247. The van der Waals surface area contributed by atoms with E-state index in [1.165, 1.54) is 0 Å². The fourth-order valence-electron chi connectivity index (χ4n) is 3.57. The van der Waals surface area contributed by atoms with E-state index >= 15 is 0 Å². The Bertz CT molecular complexity index is 1250. The number of carboxylic acids is 1. The molecule has 0 bridgehead atoms. The number of fused-ring (bicyclic) bond motifs is 1. The first-order valence-electron chi connectivity index (χ1n) is 11.5. The van der Waals surface area contributed by atoms with Crippen LogP contribution in [0.2, 0.25) is 0 Å². The van der Waals surface area contributed by atoms with Crippen LogP contribution in [-0.4, -0.2) is 38.0 Å². The number of aromatic nitrogens is 3. The van der Waals surface area contributed by atoms with Crippen molar-refractivity contribution in [3.63, 3.8) is 0 Å². The molecule has 0 atom stereocenters. The van der Waals surface area contributed by atoms with Gasteiger partial charge in [0, 0.05) is 11.1 Å². The highest BCUT2D eigenvalue weighted by atomic mass is 32.1. The number of rotatable bonds is 11. The van der Waals surface area contributed by atoms with Gasteiger partial charge in [0.05, 0.1) is 24.9 Å². The smallest absolute Gasteiger partial charge is 0.355 e. The van der Waals surface area contributed by atoms with Gasteiger partial charge in [-0.2, -0.15) is 8.75 Å².